The average Bonchev–Trinajstić information content (AvgIpc) is 1.97. The van der Waals surface area contributed by atoms with Crippen LogP contribution in [0.25, 0.3) is 0 Å². The number of rotatable bonds is 6. The van der Waals surface area contributed by atoms with Gasteiger partial charge in [0, 0.05) is 0 Å². The minimum atomic E-state index is 1.16. The zero-order valence-electron chi connectivity index (χ0n) is 7.40. The van der Waals surface area contributed by atoms with Crippen molar-refractivity contribution in [2.45, 2.75) is 39.5 Å². The van der Waals surface area contributed by atoms with E-state index >= 15 is 0 Å². The Bertz CT molecular complexity index is 53.7. The van der Waals surface area contributed by atoms with E-state index < -0.39 is 0 Å². The summed E-state index contributed by atoms with van der Waals surface area (Å²) in [6.45, 7) is 6.76. The first-order valence-electron chi connectivity index (χ1n) is 4.36. The highest BCUT2D eigenvalue weighted by Crippen LogP contribution is 1.95. The van der Waals surface area contributed by atoms with Crippen molar-refractivity contribution >= 4 is 0 Å². The molecular formula is C9H20N-. The lowest BCUT2D eigenvalue weighted by molar-refractivity contribution is 0.355. The summed E-state index contributed by atoms with van der Waals surface area (Å²) >= 11 is 0. The van der Waals surface area contributed by atoms with Crippen molar-refractivity contribution in [3.05, 3.63) is 7.05 Å². The largest absolute Gasteiger partial charge is 0.459 e. The maximum absolute atomic E-state index is 3.95. The van der Waals surface area contributed by atoms with Gasteiger partial charge in [-0.05, 0) is 25.9 Å². The zero-order chi connectivity index (χ0) is 7.82. The topological polar surface area (TPSA) is 3.24 Å². The second-order valence-corrected chi connectivity index (χ2v) is 2.83. The molecule has 0 radical (unpaired) electrons. The maximum Gasteiger partial charge on any atom is -0.0304 e. The lowest BCUT2D eigenvalue weighted by Gasteiger charge is -2.23. The molecule has 0 aliphatic carbocycles. The van der Waals surface area contributed by atoms with Gasteiger partial charge in [0.05, 0.1) is 0 Å². The molecule has 1 nitrogen and oxygen atoms in total. The Morgan fingerprint density at radius 1 is 1.00 bits per heavy atom. The predicted octanol–water partition coefficient (Wildman–Crippen LogP) is 2.68. The Hall–Kier alpha value is -0.0400. The van der Waals surface area contributed by atoms with E-state index in [4.69, 9.17) is 0 Å². The number of hydrogen-bond acceptors (Lipinski definition) is 1. The monoisotopic (exact) mass is 142 g/mol. The fourth-order valence-corrected chi connectivity index (χ4v) is 0.875. The number of nitrogens with zero attached hydrogens (tertiary/aromatic N) is 1. The summed E-state index contributed by atoms with van der Waals surface area (Å²) in [5, 5.41) is 0. The van der Waals surface area contributed by atoms with Gasteiger partial charge in [0.1, 0.15) is 0 Å². The molecule has 0 aromatic heterocycles. The molecule has 0 aliphatic heterocycles. The van der Waals surface area contributed by atoms with Crippen molar-refractivity contribution in [3.8, 4) is 0 Å². The van der Waals surface area contributed by atoms with E-state index in [0.717, 1.165) is 13.1 Å². The minimum Gasteiger partial charge on any atom is -0.459 e. The van der Waals surface area contributed by atoms with E-state index in [-0.39, 0.29) is 0 Å². The van der Waals surface area contributed by atoms with E-state index in [0.29, 0.717) is 0 Å². The summed E-state index contributed by atoms with van der Waals surface area (Å²) < 4.78 is 0. The first kappa shape index (κ1) is 9.96. The zero-order valence-corrected chi connectivity index (χ0v) is 7.40. The first-order chi connectivity index (χ1) is 4.81. The van der Waals surface area contributed by atoms with Crippen molar-refractivity contribution in [3.63, 3.8) is 0 Å². The van der Waals surface area contributed by atoms with Crippen molar-refractivity contribution in [2.24, 2.45) is 0 Å². The lowest BCUT2D eigenvalue weighted by Crippen LogP contribution is -2.17. The molecule has 0 saturated carbocycles. The van der Waals surface area contributed by atoms with E-state index in [1.165, 1.54) is 25.7 Å². The predicted molar refractivity (Wildman–Crippen MR) is 46.7 cm³/mol. The molecule has 0 amide bonds. The standard InChI is InChI=1S/C9H20N/c1-4-6-8-10(3)9-7-5-2/h3-9H2,1-2H3/q-1. The summed E-state index contributed by atoms with van der Waals surface area (Å²) in [4.78, 5) is 2.17. The summed E-state index contributed by atoms with van der Waals surface area (Å²) in [5.74, 6) is 0. The van der Waals surface area contributed by atoms with Crippen LogP contribution in [0.3, 0.4) is 0 Å². The maximum atomic E-state index is 3.95. The molecule has 10 heavy (non-hydrogen) atoms. The second kappa shape index (κ2) is 7.07. The second-order valence-electron chi connectivity index (χ2n) is 2.83. The molecule has 0 atom stereocenters. The molecule has 0 spiro atoms. The molecule has 0 fully saturated rings. The quantitative estimate of drug-likeness (QED) is 0.515. The molecule has 1 heteroatoms. The van der Waals surface area contributed by atoms with Crippen LogP contribution in [-0.2, 0) is 0 Å². The lowest BCUT2D eigenvalue weighted by atomic mass is 10.3. The molecule has 0 N–H and O–H groups in total. The molecule has 0 rings (SSSR count). The van der Waals surface area contributed by atoms with Gasteiger partial charge in [-0.25, -0.2) is 0 Å². The summed E-state index contributed by atoms with van der Waals surface area (Å²) in [6.07, 6.45) is 5.12. The van der Waals surface area contributed by atoms with Crippen LogP contribution in [0.2, 0.25) is 0 Å². The average molecular weight is 142 g/mol. The Labute approximate surface area is 65.4 Å². The smallest absolute Gasteiger partial charge is 0.0304 e. The molecule has 0 aliphatic rings. The van der Waals surface area contributed by atoms with E-state index in [1.807, 2.05) is 0 Å². The number of hydrogen-bond donors (Lipinski definition) is 0. The highest BCUT2D eigenvalue weighted by molar-refractivity contribution is 4.53. The molecule has 0 aromatic carbocycles. The molecule has 0 unspecified atom stereocenters. The normalized spacial score (nSPS) is 10.8. The van der Waals surface area contributed by atoms with Crippen LogP contribution in [0, 0.1) is 7.05 Å². The van der Waals surface area contributed by atoms with Gasteiger partial charge >= 0.3 is 0 Å². The van der Waals surface area contributed by atoms with Gasteiger partial charge in [-0.3, -0.25) is 7.05 Å². The van der Waals surface area contributed by atoms with Crippen LogP contribution in [0.1, 0.15) is 39.5 Å². The fraction of sp³-hybridized carbons (Fsp3) is 0.889. The van der Waals surface area contributed by atoms with E-state index in [2.05, 4.69) is 25.8 Å². The van der Waals surface area contributed by atoms with Crippen LogP contribution < -0.4 is 0 Å². The van der Waals surface area contributed by atoms with Gasteiger partial charge in [-0.1, -0.05) is 26.7 Å². The third-order valence-electron chi connectivity index (χ3n) is 1.66. The van der Waals surface area contributed by atoms with Crippen molar-refractivity contribution in [1.82, 2.24) is 4.90 Å². The summed E-state index contributed by atoms with van der Waals surface area (Å²) in [6, 6.07) is 0. The first-order valence-corrected chi connectivity index (χ1v) is 4.36. The minimum absolute atomic E-state index is 1.16. The Balaban J connectivity index is 3.00. The van der Waals surface area contributed by atoms with Gasteiger partial charge in [0.2, 0.25) is 0 Å². The highest BCUT2D eigenvalue weighted by atomic mass is 15.1. The molecule has 0 saturated heterocycles. The van der Waals surface area contributed by atoms with Crippen LogP contribution in [0.15, 0.2) is 0 Å². The van der Waals surface area contributed by atoms with Crippen LogP contribution in [0.4, 0.5) is 0 Å². The molecular weight excluding hydrogens is 122 g/mol. The molecule has 0 aromatic rings. The SMILES string of the molecule is [CH2-]N(CCCC)CCCC. The van der Waals surface area contributed by atoms with Gasteiger partial charge in [-0.15, -0.1) is 0 Å². The summed E-state index contributed by atoms with van der Waals surface area (Å²) in [5.41, 5.74) is 0. The molecule has 0 heterocycles. The van der Waals surface area contributed by atoms with Gasteiger partial charge in [0.25, 0.3) is 0 Å². The van der Waals surface area contributed by atoms with Crippen molar-refractivity contribution in [1.29, 1.82) is 0 Å². The van der Waals surface area contributed by atoms with Gasteiger partial charge in [0.15, 0.2) is 0 Å². The Kier molecular flexibility index (Phi) is 7.04. The number of unbranched alkanes of at least 4 members (excludes halogenated alkanes) is 2. The van der Waals surface area contributed by atoms with Gasteiger partial charge < -0.3 is 4.90 Å². The van der Waals surface area contributed by atoms with E-state index in [9.17, 15) is 0 Å². The summed E-state index contributed by atoms with van der Waals surface area (Å²) in [7, 11) is 3.95. The molecule has 62 valence electrons. The van der Waals surface area contributed by atoms with E-state index in [1.54, 1.807) is 0 Å². The van der Waals surface area contributed by atoms with Crippen molar-refractivity contribution in [2.75, 3.05) is 13.1 Å². The van der Waals surface area contributed by atoms with Crippen LogP contribution in [-0.4, -0.2) is 18.0 Å². The Morgan fingerprint density at radius 2 is 1.40 bits per heavy atom. The van der Waals surface area contributed by atoms with Gasteiger partial charge in [-0.2, -0.15) is 0 Å². The molecule has 0 bridgehead atoms. The highest BCUT2D eigenvalue weighted by Gasteiger charge is 1.88. The fourth-order valence-electron chi connectivity index (χ4n) is 0.875. The Morgan fingerprint density at radius 3 is 1.70 bits per heavy atom. The third-order valence-corrected chi connectivity index (χ3v) is 1.66. The van der Waals surface area contributed by atoms with Crippen molar-refractivity contribution < 1.29 is 0 Å². The van der Waals surface area contributed by atoms with Crippen LogP contribution >= 0.6 is 0 Å². The third kappa shape index (κ3) is 6.09. The van der Waals surface area contributed by atoms with Crippen LogP contribution in [0.5, 0.6) is 0 Å².